The predicted octanol–water partition coefficient (Wildman–Crippen LogP) is 2.44. The van der Waals surface area contributed by atoms with Crippen molar-refractivity contribution in [2.24, 2.45) is 7.05 Å². The highest BCUT2D eigenvalue weighted by Crippen LogP contribution is 2.27. The van der Waals surface area contributed by atoms with Gasteiger partial charge in [-0.15, -0.1) is 0 Å². The third-order valence-corrected chi connectivity index (χ3v) is 3.11. The molecular formula is C11H13BrN2O2. The number of furan rings is 1. The summed E-state index contributed by atoms with van der Waals surface area (Å²) in [6.45, 7) is 0. The Bertz CT molecular complexity index is 464. The van der Waals surface area contributed by atoms with Crippen LogP contribution in [-0.4, -0.2) is 14.9 Å². The summed E-state index contributed by atoms with van der Waals surface area (Å²) in [5.74, 6) is 0. The van der Waals surface area contributed by atoms with Crippen LogP contribution in [0.5, 0.6) is 0 Å². The third-order valence-electron chi connectivity index (χ3n) is 2.47. The van der Waals surface area contributed by atoms with Gasteiger partial charge < -0.3 is 9.52 Å². The summed E-state index contributed by atoms with van der Waals surface area (Å²) in [5.41, 5.74) is 1.92. The van der Waals surface area contributed by atoms with Crippen LogP contribution in [0, 0.1) is 0 Å². The van der Waals surface area contributed by atoms with E-state index < -0.39 is 6.10 Å². The summed E-state index contributed by atoms with van der Waals surface area (Å²) >= 11 is 3.25. The zero-order chi connectivity index (χ0) is 11.5. The van der Waals surface area contributed by atoms with Gasteiger partial charge in [0, 0.05) is 18.8 Å². The van der Waals surface area contributed by atoms with Crippen molar-refractivity contribution in [1.29, 1.82) is 0 Å². The largest absolute Gasteiger partial charge is 0.457 e. The summed E-state index contributed by atoms with van der Waals surface area (Å²) in [5, 5.41) is 14.0. The van der Waals surface area contributed by atoms with Crippen molar-refractivity contribution in [1.82, 2.24) is 9.78 Å². The lowest BCUT2D eigenvalue weighted by molar-refractivity contribution is 0.166. The Kier molecular flexibility index (Phi) is 3.46. The van der Waals surface area contributed by atoms with Crippen molar-refractivity contribution in [3.8, 4) is 0 Å². The normalized spacial score (nSPS) is 12.9. The van der Waals surface area contributed by atoms with E-state index in [2.05, 4.69) is 21.0 Å². The summed E-state index contributed by atoms with van der Waals surface area (Å²) in [6.07, 6.45) is 6.28. The summed E-state index contributed by atoms with van der Waals surface area (Å²) in [7, 11) is 1.88. The van der Waals surface area contributed by atoms with E-state index in [-0.39, 0.29) is 0 Å². The van der Waals surface area contributed by atoms with Crippen LogP contribution in [0.15, 0.2) is 33.8 Å². The van der Waals surface area contributed by atoms with Crippen LogP contribution in [0.1, 0.15) is 23.7 Å². The molecule has 0 saturated heterocycles. The van der Waals surface area contributed by atoms with Gasteiger partial charge in [-0.1, -0.05) is 0 Å². The van der Waals surface area contributed by atoms with Crippen molar-refractivity contribution in [3.05, 3.63) is 40.5 Å². The Balaban J connectivity index is 1.93. The standard InChI is InChI=1S/C11H13BrN2O2/c1-14-7-8(6-13-14)2-3-10(15)9-4-5-16-11(9)12/h4-7,10,15H,2-3H2,1H3. The fourth-order valence-corrected chi connectivity index (χ4v) is 2.11. The second-order valence-electron chi connectivity index (χ2n) is 3.73. The number of aliphatic hydroxyl groups is 1. The fourth-order valence-electron chi connectivity index (χ4n) is 1.60. The zero-order valence-corrected chi connectivity index (χ0v) is 10.5. The molecular weight excluding hydrogens is 272 g/mol. The molecule has 5 heteroatoms. The number of hydrogen-bond donors (Lipinski definition) is 1. The van der Waals surface area contributed by atoms with Crippen LogP contribution in [0.3, 0.4) is 0 Å². The van der Waals surface area contributed by atoms with E-state index >= 15 is 0 Å². The monoisotopic (exact) mass is 284 g/mol. The number of nitrogens with zero attached hydrogens (tertiary/aromatic N) is 2. The molecule has 0 radical (unpaired) electrons. The lowest BCUT2D eigenvalue weighted by Crippen LogP contribution is -1.98. The third kappa shape index (κ3) is 2.54. The molecule has 0 aliphatic rings. The van der Waals surface area contributed by atoms with Gasteiger partial charge in [0.25, 0.3) is 0 Å². The molecule has 0 saturated carbocycles. The van der Waals surface area contributed by atoms with Gasteiger partial charge in [0.2, 0.25) is 0 Å². The lowest BCUT2D eigenvalue weighted by atomic mass is 10.1. The Morgan fingerprint density at radius 3 is 3.00 bits per heavy atom. The smallest absolute Gasteiger partial charge is 0.174 e. The van der Waals surface area contributed by atoms with Crippen molar-refractivity contribution in [2.75, 3.05) is 0 Å². The van der Waals surface area contributed by atoms with Gasteiger partial charge >= 0.3 is 0 Å². The molecule has 1 atom stereocenters. The maximum atomic E-state index is 9.94. The van der Waals surface area contributed by atoms with Crippen LogP contribution >= 0.6 is 15.9 Å². The van der Waals surface area contributed by atoms with E-state index in [9.17, 15) is 5.11 Å². The minimum Gasteiger partial charge on any atom is -0.457 e. The Labute approximate surface area is 102 Å². The van der Waals surface area contributed by atoms with Crippen molar-refractivity contribution < 1.29 is 9.52 Å². The van der Waals surface area contributed by atoms with Crippen molar-refractivity contribution in [3.63, 3.8) is 0 Å². The maximum absolute atomic E-state index is 9.94. The molecule has 0 bridgehead atoms. The highest BCUT2D eigenvalue weighted by Gasteiger charge is 2.13. The topological polar surface area (TPSA) is 51.2 Å². The van der Waals surface area contributed by atoms with Crippen LogP contribution in [-0.2, 0) is 13.5 Å². The van der Waals surface area contributed by atoms with E-state index in [1.165, 1.54) is 0 Å². The van der Waals surface area contributed by atoms with E-state index in [1.54, 1.807) is 17.0 Å². The molecule has 1 unspecified atom stereocenters. The van der Waals surface area contributed by atoms with Crippen molar-refractivity contribution >= 4 is 15.9 Å². The number of aromatic nitrogens is 2. The van der Waals surface area contributed by atoms with E-state index in [0.717, 1.165) is 17.5 Å². The van der Waals surface area contributed by atoms with Gasteiger partial charge in [0.1, 0.15) is 0 Å². The van der Waals surface area contributed by atoms with E-state index in [1.807, 2.05) is 19.4 Å². The Hall–Kier alpha value is -1.07. The molecule has 0 aliphatic heterocycles. The van der Waals surface area contributed by atoms with E-state index in [4.69, 9.17) is 4.42 Å². The molecule has 4 nitrogen and oxygen atoms in total. The Morgan fingerprint density at radius 2 is 2.44 bits per heavy atom. The molecule has 1 N–H and O–H groups in total. The average Bonchev–Trinajstić information content (AvgIpc) is 2.84. The number of hydrogen-bond acceptors (Lipinski definition) is 3. The number of aliphatic hydroxyl groups excluding tert-OH is 1. The van der Waals surface area contributed by atoms with Gasteiger partial charge in [0.15, 0.2) is 4.67 Å². The van der Waals surface area contributed by atoms with Gasteiger partial charge in [-0.3, -0.25) is 4.68 Å². The minimum atomic E-state index is -0.506. The first-order valence-corrected chi connectivity index (χ1v) is 5.84. The van der Waals surface area contributed by atoms with Crippen molar-refractivity contribution in [2.45, 2.75) is 18.9 Å². The first-order chi connectivity index (χ1) is 7.66. The number of halogens is 1. The molecule has 2 aromatic heterocycles. The van der Waals surface area contributed by atoms with Crippen LogP contribution in [0.2, 0.25) is 0 Å². The first-order valence-electron chi connectivity index (χ1n) is 5.05. The molecule has 0 aromatic carbocycles. The molecule has 0 aliphatic carbocycles. The predicted molar refractivity (Wildman–Crippen MR) is 62.9 cm³/mol. The molecule has 0 spiro atoms. The minimum absolute atomic E-state index is 0.506. The molecule has 2 aromatic rings. The second-order valence-corrected chi connectivity index (χ2v) is 4.45. The molecule has 0 amide bonds. The van der Waals surface area contributed by atoms with Gasteiger partial charge in [0.05, 0.1) is 18.6 Å². The lowest BCUT2D eigenvalue weighted by Gasteiger charge is -2.07. The van der Waals surface area contributed by atoms with Crippen LogP contribution < -0.4 is 0 Å². The number of aryl methyl sites for hydroxylation is 2. The average molecular weight is 285 g/mol. The van der Waals surface area contributed by atoms with Gasteiger partial charge in [-0.2, -0.15) is 5.10 Å². The quantitative estimate of drug-likeness (QED) is 0.938. The maximum Gasteiger partial charge on any atom is 0.174 e. The van der Waals surface area contributed by atoms with Gasteiger partial charge in [-0.25, -0.2) is 0 Å². The van der Waals surface area contributed by atoms with Crippen LogP contribution in [0.4, 0.5) is 0 Å². The summed E-state index contributed by atoms with van der Waals surface area (Å²) in [6, 6.07) is 1.78. The summed E-state index contributed by atoms with van der Waals surface area (Å²) < 4.78 is 7.44. The van der Waals surface area contributed by atoms with Gasteiger partial charge in [-0.05, 0) is 40.4 Å². The molecule has 0 fully saturated rings. The fraction of sp³-hybridized carbons (Fsp3) is 0.364. The van der Waals surface area contributed by atoms with E-state index in [0.29, 0.717) is 11.1 Å². The molecule has 2 heterocycles. The molecule has 2 rings (SSSR count). The SMILES string of the molecule is Cn1cc(CCC(O)c2ccoc2Br)cn1. The molecule has 16 heavy (non-hydrogen) atoms. The zero-order valence-electron chi connectivity index (χ0n) is 8.93. The highest BCUT2D eigenvalue weighted by atomic mass is 79.9. The Morgan fingerprint density at radius 1 is 1.62 bits per heavy atom. The number of rotatable bonds is 4. The second kappa shape index (κ2) is 4.84. The first kappa shape index (κ1) is 11.4. The summed E-state index contributed by atoms with van der Waals surface area (Å²) in [4.78, 5) is 0. The highest BCUT2D eigenvalue weighted by molar-refractivity contribution is 9.10. The molecule has 86 valence electrons. The van der Waals surface area contributed by atoms with Crippen LogP contribution in [0.25, 0.3) is 0 Å².